The van der Waals surface area contributed by atoms with Crippen molar-refractivity contribution in [3.8, 4) is 0 Å². The molecule has 2 atom stereocenters. The highest BCUT2D eigenvalue weighted by Crippen LogP contribution is 2.43. The summed E-state index contributed by atoms with van der Waals surface area (Å²) in [7, 11) is -4.38. The zero-order chi connectivity index (χ0) is 53.1. The first-order valence-corrected chi connectivity index (χ1v) is 34.0. The van der Waals surface area contributed by atoms with Crippen LogP contribution in [0.5, 0.6) is 0 Å². The van der Waals surface area contributed by atoms with Gasteiger partial charge in [-0.15, -0.1) is 0 Å². The summed E-state index contributed by atoms with van der Waals surface area (Å²) in [5.41, 5.74) is 5.39. The lowest BCUT2D eigenvalue weighted by Gasteiger charge is -2.19. The van der Waals surface area contributed by atoms with E-state index in [-0.39, 0.29) is 38.6 Å². The van der Waals surface area contributed by atoms with Crippen molar-refractivity contribution >= 4 is 19.8 Å². The van der Waals surface area contributed by atoms with Gasteiger partial charge in [0, 0.05) is 19.4 Å². The minimum atomic E-state index is -4.38. The fraction of sp³-hybridized carbons (Fsp3) is 0.968. The van der Waals surface area contributed by atoms with E-state index in [1.807, 2.05) is 0 Å². The van der Waals surface area contributed by atoms with Crippen molar-refractivity contribution in [1.82, 2.24) is 0 Å². The number of unbranched alkanes of at least 4 members (excludes halogenated alkanes) is 50. The van der Waals surface area contributed by atoms with Gasteiger partial charge in [0.05, 0.1) is 13.2 Å². The maximum atomic E-state index is 12.7. The van der Waals surface area contributed by atoms with Crippen molar-refractivity contribution in [2.24, 2.45) is 5.73 Å². The zero-order valence-electron chi connectivity index (χ0n) is 48.9. The molecule has 0 saturated carbocycles. The molecule has 2 unspecified atom stereocenters. The Labute approximate surface area is 454 Å². The molecule has 0 aliphatic carbocycles. The van der Waals surface area contributed by atoms with E-state index < -0.39 is 26.5 Å². The Bertz CT molecular complexity index is 1160. The monoisotopic (exact) mass is 1060 g/mol. The van der Waals surface area contributed by atoms with Crippen molar-refractivity contribution in [1.29, 1.82) is 0 Å². The Morgan fingerprint density at radius 2 is 0.589 bits per heavy atom. The summed E-state index contributed by atoms with van der Waals surface area (Å²) in [6, 6.07) is 0. The number of rotatable bonds is 63. The number of phosphoric ester groups is 1. The van der Waals surface area contributed by atoms with Crippen LogP contribution in [0.1, 0.15) is 361 Å². The predicted molar refractivity (Wildman–Crippen MR) is 312 cm³/mol. The lowest BCUT2D eigenvalue weighted by Crippen LogP contribution is -2.29. The van der Waals surface area contributed by atoms with E-state index in [1.165, 1.54) is 295 Å². The SMILES string of the molecule is CCCCCCCCCCCCCCCCCCCCCCCCCCCCCCCCCCCCC(=O)OC(COC(=O)CCCCCCCCCCCCCCCCCCCC)COP(=O)(O)OCCN. The first-order valence-electron chi connectivity index (χ1n) is 32.5. The smallest absolute Gasteiger partial charge is 0.462 e. The number of hydrogen-bond donors (Lipinski definition) is 2. The average Bonchev–Trinajstić information content (AvgIpc) is 3.38. The molecule has 73 heavy (non-hydrogen) atoms. The van der Waals surface area contributed by atoms with Gasteiger partial charge in [0.2, 0.25) is 0 Å². The number of hydrogen-bond acceptors (Lipinski definition) is 8. The maximum absolute atomic E-state index is 12.7. The molecule has 0 bridgehead atoms. The maximum Gasteiger partial charge on any atom is 0.472 e. The normalized spacial score (nSPS) is 12.9. The molecule has 0 aliphatic heterocycles. The third-order valence-corrected chi connectivity index (χ3v) is 16.0. The number of esters is 2. The van der Waals surface area contributed by atoms with E-state index in [0.29, 0.717) is 6.42 Å². The summed E-state index contributed by atoms with van der Waals surface area (Å²) < 4.78 is 33.1. The van der Waals surface area contributed by atoms with Crippen LogP contribution in [-0.4, -0.2) is 49.3 Å². The van der Waals surface area contributed by atoms with Gasteiger partial charge in [-0.3, -0.25) is 18.6 Å². The van der Waals surface area contributed by atoms with Crippen molar-refractivity contribution < 1.29 is 37.6 Å². The Balaban J connectivity index is 3.78. The molecule has 436 valence electrons. The molecule has 0 heterocycles. The van der Waals surface area contributed by atoms with Crippen LogP contribution < -0.4 is 5.73 Å². The molecule has 0 spiro atoms. The molecule has 0 aromatic carbocycles. The van der Waals surface area contributed by atoms with Crippen molar-refractivity contribution in [2.75, 3.05) is 26.4 Å². The van der Waals surface area contributed by atoms with E-state index in [1.54, 1.807) is 0 Å². The van der Waals surface area contributed by atoms with Gasteiger partial charge < -0.3 is 20.1 Å². The van der Waals surface area contributed by atoms with E-state index in [9.17, 15) is 19.0 Å². The van der Waals surface area contributed by atoms with E-state index in [2.05, 4.69) is 13.8 Å². The van der Waals surface area contributed by atoms with E-state index in [0.717, 1.165) is 32.1 Å². The van der Waals surface area contributed by atoms with Crippen molar-refractivity contribution in [2.45, 2.75) is 367 Å². The lowest BCUT2D eigenvalue weighted by molar-refractivity contribution is -0.161. The van der Waals surface area contributed by atoms with Gasteiger partial charge in [-0.05, 0) is 12.8 Å². The van der Waals surface area contributed by atoms with Crippen LogP contribution in [0.25, 0.3) is 0 Å². The Kier molecular flexibility index (Phi) is 59.4. The molecule has 0 aromatic rings. The zero-order valence-corrected chi connectivity index (χ0v) is 49.8. The number of nitrogens with two attached hydrogens (primary N) is 1. The summed E-state index contributed by atoms with van der Waals surface area (Å²) >= 11 is 0. The summed E-state index contributed by atoms with van der Waals surface area (Å²) in [5.74, 6) is -0.801. The Morgan fingerprint density at radius 3 is 0.836 bits per heavy atom. The summed E-state index contributed by atoms with van der Waals surface area (Å²) in [5, 5.41) is 0. The van der Waals surface area contributed by atoms with Gasteiger partial charge in [0.15, 0.2) is 6.10 Å². The Hall–Kier alpha value is -0.990. The minimum Gasteiger partial charge on any atom is -0.462 e. The topological polar surface area (TPSA) is 134 Å². The molecule has 0 aliphatic rings. The van der Waals surface area contributed by atoms with Crippen LogP contribution in [0, 0.1) is 0 Å². The highest BCUT2D eigenvalue weighted by Gasteiger charge is 2.26. The molecule has 10 heteroatoms. The van der Waals surface area contributed by atoms with Gasteiger partial charge in [-0.2, -0.15) is 0 Å². The second kappa shape index (κ2) is 60.2. The van der Waals surface area contributed by atoms with Crippen LogP contribution in [0.3, 0.4) is 0 Å². The number of ether oxygens (including phenoxy) is 2. The van der Waals surface area contributed by atoms with E-state index >= 15 is 0 Å². The average molecular weight is 1060 g/mol. The predicted octanol–water partition coefficient (Wildman–Crippen LogP) is 20.6. The van der Waals surface area contributed by atoms with Crippen LogP contribution >= 0.6 is 7.82 Å². The van der Waals surface area contributed by atoms with Crippen LogP contribution in [0.2, 0.25) is 0 Å². The van der Waals surface area contributed by atoms with Gasteiger partial charge in [0.1, 0.15) is 6.61 Å². The molecule has 0 amide bonds. The standard InChI is InChI=1S/C63H126NO8P/c1-3-5-7-9-11-13-15-17-19-21-23-24-25-26-27-28-29-30-31-32-33-34-35-36-37-38-40-42-44-46-48-50-52-54-56-63(66)72-61(60-71-73(67,68)70-58-57-64)59-69-62(65)55-53-51-49-47-45-43-41-39-22-20-18-16-14-12-10-8-6-4-2/h61H,3-60,64H2,1-2H3,(H,67,68). The number of carbonyl (C=O) groups is 2. The van der Waals surface area contributed by atoms with Gasteiger partial charge in [-0.25, -0.2) is 4.57 Å². The highest BCUT2D eigenvalue weighted by atomic mass is 31.2. The third kappa shape index (κ3) is 60.1. The third-order valence-electron chi connectivity index (χ3n) is 15.0. The molecule has 0 radical (unpaired) electrons. The highest BCUT2D eigenvalue weighted by molar-refractivity contribution is 7.47. The molecule has 9 nitrogen and oxygen atoms in total. The molecule has 0 fully saturated rings. The first kappa shape index (κ1) is 72.0. The molecule has 0 aromatic heterocycles. The molecule has 0 saturated heterocycles. The fourth-order valence-electron chi connectivity index (χ4n) is 10.2. The minimum absolute atomic E-state index is 0.0587. The number of phosphoric acid groups is 1. The first-order chi connectivity index (χ1) is 35.8. The summed E-state index contributed by atoms with van der Waals surface area (Å²) in [6.45, 7) is 3.83. The van der Waals surface area contributed by atoms with E-state index in [4.69, 9.17) is 24.3 Å². The van der Waals surface area contributed by atoms with Crippen LogP contribution in [0.4, 0.5) is 0 Å². The second-order valence-electron chi connectivity index (χ2n) is 22.4. The Morgan fingerprint density at radius 1 is 0.356 bits per heavy atom. The second-order valence-corrected chi connectivity index (χ2v) is 23.8. The van der Waals surface area contributed by atoms with Gasteiger partial charge in [0.25, 0.3) is 0 Å². The van der Waals surface area contributed by atoms with Gasteiger partial charge in [-0.1, -0.05) is 335 Å². The lowest BCUT2D eigenvalue weighted by atomic mass is 10.0. The summed E-state index contributed by atoms with van der Waals surface area (Å²) in [4.78, 5) is 35.2. The van der Waals surface area contributed by atoms with Crippen LogP contribution in [-0.2, 0) is 32.7 Å². The molecule has 0 rings (SSSR count). The quantitative estimate of drug-likeness (QED) is 0.0347. The summed E-state index contributed by atoms with van der Waals surface area (Å²) in [6.07, 6.45) is 69.1. The fourth-order valence-corrected chi connectivity index (χ4v) is 10.9. The van der Waals surface area contributed by atoms with Gasteiger partial charge >= 0.3 is 19.8 Å². The molecular formula is C63H126NO8P. The molecule has 3 N–H and O–H groups in total. The van der Waals surface area contributed by atoms with Crippen molar-refractivity contribution in [3.63, 3.8) is 0 Å². The number of carbonyl (C=O) groups excluding carboxylic acids is 2. The largest absolute Gasteiger partial charge is 0.472 e. The van der Waals surface area contributed by atoms with Crippen molar-refractivity contribution in [3.05, 3.63) is 0 Å². The van der Waals surface area contributed by atoms with Crippen LogP contribution in [0.15, 0.2) is 0 Å². The molecular weight excluding hydrogens is 930 g/mol.